The third kappa shape index (κ3) is 4.15. The Morgan fingerprint density at radius 3 is 2.79 bits per heavy atom. The fourth-order valence-electron chi connectivity index (χ4n) is 3.28. The molecule has 1 N–H and O–H groups in total. The molecular formula is C15H30N2O2. The third-order valence-electron chi connectivity index (χ3n) is 4.48. The van der Waals surface area contributed by atoms with E-state index >= 15 is 0 Å². The van der Waals surface area contributed by atoms with Gasteiger partial charge in [0.1, 0.15) is 0 Å². The van der Waals surface area contributed by atoms with E-state index in [1.807, 2.05) is 0 Å². The second-order valence-electron chi connectivity index (χ2n) is 5.95. The SMILES string of the molecule is CCNC(CN1CC(C)OCC1CC)C1CCOC1. The lowest BCUT2D eigenvalue weighted by molar-refractivity contribution is -0.0604. The fraction of sp³-hybridized carbons (Fsp3) is 1.00. The zero-order valence-electron chi connectivity index (χ0n) is 12.7. The lowest BCUT2D eigenvalue weighted by Crippen LogP contribution is -2.54. The highest BCUT2D eigenvalue weighted by molar-refractivity contribution is 4.86. The van der Waals surface area contributed by atoms with Crippen molar-refractivity contribution in [3.63, 3.8) is 0 Å². The monoisotopic (exact) mass is 270 g/mol. The van der Waals surface area contributed by atoms with E-state index in [0.29, 0.717) is 24.1 Å². The Hall–Kier alpha value is -0.160. The second-order valence-corrected chi connectivity index (χ2v) is 5.95. The van der Waals surface area contributed by atoms with Gasteiger partial charge in [0, 0.05) is 37.7 Å². The maximum absolute atomic E-state index is 5.79. The van der Waals surface area contributed by atoms with Gasteiger partial charge in [-0.05, 0) is 26.3 Å². The van der Waals surface area contributed by atoms with Crippen LogP contribution in [0, 0.1) is 5.92 Å². The predicted molar refractivity (Wildman–Crippen MR) is 77.5 cm³/mol. The molecule has 4 unspecified atom stereocenters. The number of likely N-dealkylation sites (N-methyl/N-ethyl adjacent to an activating group) is 1. The highest BCUT2D eigenvalue weighted by Crippen LogP contribution is 2.21. The number of hydrogen-bond donors (Lipinski definition) is 1. The Morgan fingerprint density at radius 2 is 2.16 bits per heavy atom. The Bertz CT molecular complexity index is 255. The molecule has 112 valence electrons. The molecular weight excluding hydrogens is 240 g/mol. The number of nitrogens with zero attached hydrogens (tertiary/aromatic N) is 1. The molecule has 2 fully saturated rings. The molecule has 2 aliphatic heterocycles. The van der Waals surface area contributed by atoms with Gasteiger partial charge in [0.15, 0.2) is 0 Å². The van der Waals surface area contributed by atoms with E-state index in [0.717, 1.165) is 39.5 Å². The molecule has 2 aliphatic rings. The maximum atomic E-state index is 5.79. The van der Waals surface area contributed by atoms with Gasteiger partial charge in [-0.1, -0.05) is 13.8 Å². The predicted octanol–water partition coefficient (Wildman–Crippen LogP) is 1.50. The molecule has 0 saturated carbocycles. The van der Waals surface area contributed by atoms with Crippen molar-refractivity contribution >= 4 is 0 Å². The molecule has 4 nitrogen and oxygen atoms in total. The minimum atomic E-state index is 0.366. The Kier molecular flexibility index (Phi) is 6.07. The van der Waals surface area contributed by atoms with E-state index in [1.165, 1.54) is 12.8 Å². The van der Waals surface area contributed by atoms with Crippen molar-refractivity contribution in [2.75, 3.05) is 39.5 Å². The number of nitrogens with one attached hydrogen (secondary N) is 1. The van der Waals surface area contributed by atoms with Gasteiger partial charge in [-0.2, -0.15) is 0 Å². The van der Waals surface area contributed by atoms with Crippen LogP contribution in [-0.4, -0.2) is 62.5 Å². The Morgan fingerprint density at radius 1 is 1.32 bits per heavy atom. The molecule has 0 amide bonds. The van der Waals surface area contributed by atoms with Gasteiger partial charge in [0.05, 0.1) is 19.3 Å². The van der Waals surface area contributed by atoms with Crippen LogP contribution in [-0.2, 0) is 9.47 Å². The first-order chi connectivity index (χ1) is 9.24. The molecule has 0 aromatic rings. The molecule has 4 heteroatoms. The zero-order chi connectivity index (χ0) is 13.7. The lowest BCUT2D eigenvalue weighted by Gasteiger charge is -2.41. The summed E-state index contributed by atoms with van der Waals surface area (Å²) in [5.74, 6) is 0.676. The summed E-state index contributed by atoms with van der Waals surface area (Å²) < 4.78 is 11.4. The van der Waals surface area contributed by atoms with Crippen LogP contribution in [0.1, 0.15) is 33.6 Å². The fourth-order valence-corrected chi connectivity index (χ4v) is 3.28. The van der Waals surface area contributed by atoms with Crippen molar-refractivity contribution in [3.8, 4) is 0 Å². The van der Waals surface area contributed by atoms with Crippen LogP contribution in [0.25, 0.3) is 0 Å². The number of hydrogen-bond acceptors (Lipinski definition) is 4. The van der Waals surface area contributed by atoms with E-state index in [4.69, 9.17) is 9.47 Å². The van der Waals surface area contributed by atoms with E-state index in [-0.39, 0.29) is 0 Å². The quantitative estimate of drug-likeness (QED) is 0.793. The molecule has 0 aliphatic carbocycles. The maximum Gasteiger partial charge on any atom is 0.0674 e. The second kappa shape index (κ2) is 7.58. The summed E-state index contributed by atoms with van der Waals surface area (Å²) in [5.41, 5.74) is 0. The van der Waals surface area contributed by atoms with Crippen LogP contribution >= 0.6 is 0 Å². The summed E-state index contributed by atoms with van der Waals surface area (Å²) in [6, 6.07) is 1.14. The first-order valence-electron chi connectivity index (χ1n) is 7.91. The van der Waals surface area contributed by atoms with Gasteiger partial charge < -0.3 is 14.8 Å². The van der Waals surface area contributed by atoms with Crippen molar-refractivity contribution < 1.29 is 9.47 Å². The van der Waals surface area contributed by atoms with Gasteiger partial charge in [-0.25, -0.2) is 0 Å². The van der Waals surface area contributed by atoms with Crippen LogP contribution in [0.2, 0.25) is 0 Å². The Labute approximate surface area is 117 Å². The summed E-state index contributed by atoms with van der Waals surface area (Å²) in [7, 11) is 0. The van der Waals surface area contributed by atoms with E-state index in [2.05, 4.69) is 31.0 Å². The van der Waals surface area contributed by atoms with Crippen LogP contribution in [0.15, 0.2) is 0 Å². The average Bonchev–Trinajstić information content (AvgIpc) is 2.92. The minimum absolute atomic E-state index is 0.366. The molecule has 0 spiro atoms. The van der Waals surface area contributed by atoms with Gasteiger partial charge in [0.25, 0.3) is 0 Å². The molecule has 4 atom stereocenters. The summed E-state index contributed by atoms with van der Waals surface area (Å²) in [6.45, 7) is 12.6. The zero-order valence-corrected chi connectivity index (χ0v) is 12.7. The van der Waals surface area contributed by atoms with Crippen molar-refractivity contribution in [2.24, 2.45) is 5.92 Å². The molecule has 2 saturated heterocycles. The highest BCUT2D eigenvalue weighted by atomic mass is 16.5. The normalized spacial score (nSPS) is 34.6. The summed E-state index contributed by atoms with van der Waals surface area (Å²) in [5, 5.41) is 3.67. The molecule has 0 bridgehead atoms. The minimum Gasteiger partial charge on any atom is -0.381 e. The number of morpholine rings is 1. The third-order valence-corrected chi connectivity index (χ3v) is 4.48. The molecule has 19 heavy (non-hydrogen) atoms. The molecule has 0 radical (unpaired) electrons. The highest BCUT2D eigenvalue weighted by Gasteiger charge is 2.31. The molecule has 0 aromatic heterocycles. The van der Waals surface area contributed by atoms with Crippen molar-refractivity contribution in [2.45, 2.75) is 51.8 Å². The molecule has 2 rings (SSSR count). The van der Waals surface area contributed by atoms with Crippen LogP contribution < -0.4 is 5.32 Å². The molecule has 2 heterocycles. The van der Waals surface area contributed by atoms with E-state index in [9.17, 15) is 0 Å². The van der Waals surface area contributed by atoms with Gasteiger partial charge in [0.2, 0.25) is 0 Å². The van der Waals surface area contributed by atoms with Gasteiger partial charge in [-0.15, -0.1) is 0 Å². The van der Waals surface area contributed by atoms with Crippen molar-refractivity contribution in [1.29, 1.82) is 0 Å². The lowest BCUT2D eigenvalue weighted by atomic mass is 9.97. The summed E-state index contributed by atoms with van der Waals surface area (Å²) in [6.07, 6.45) is 2.74. The van der Waals surface area contributed by atoms with E-state index < -0.39 is 0 Å². The summed E-state index contributed by atoms with van der Waals surface area (Å²) >= 11 is 0. The van der Waals surface area contributed by atoms with Gasteiger partial charge in [-0.3, -0.25) is 4.90 Å². The largest absolute Gasteiger partial charge is 0.381 e. The standard InChI is InChI=1S/C15H30N2O2/c1-4-14-11-19-12(3)8-17(14)9-15(16-5-2)13-6-7-18-10-13/h12-16H,4-11H2,1-3H3. The van der Waals surface area contributed by atoms with Crippen molar-refractivity contribution in [3.05, 3.63) is 0 Å². The van der Waals surface area contributed by atoms with Crippen LogP contribution in [0.4, 0.5) is 0 Å². The topological polar surface area (TPSA) is 33.7 Å². The molecule has 0 aromatic carbocycles. The Balaban J connectivity index is 1.93. The van der Waals surface area contributed by atoms with E-state index in [1.54, 1.807) is 0 Å². The smallest absolute Gasteiger partial charge is 0.0674 e. The van der Waals surface area contributed by atoms with Crippen LogP contribution in [0.5, 0.6) is 0 Å². The van der Waals surface area contributed by atoms with Gasteiger partial charge >= 0.3 is 0 Å². The van der Waals surface area contributed by atoms with Crippen LogP contribution in [0.3, 0.4) is 0 Å². The number of ether oxygens (including phenoxy) is 2. The first-order valence-corrected chi connectivity index (χ1v) is 7.91. The van der Waals surface area contributed by atoms with Crippen molar-refractivity contribution in [1.82, 2.24) is 10.2 Å². The number of rotatable bonds is 6. The first kappa shape index (κ1) is 15.2. The average molecular weight is 270 g/mol. The summed E-state index contributed by atoms with van der Waals surface area (Å²) in [4.78, 5) is 2.62.